The van der Waals surface area contributed by atoms with E-state index in [-0.39, 0.29) is 5.97 Å². The van der Waals surface area contributed by atoms with E-state index in [1.54, 1.807) is 0 Å². The van der Waals surface area contributed by atoms with Gasteiger partial charge in [0, 0.05) is 6.54 Å². The van der Waals surface area contributed by atoms with Crippen LogP contribution in [0, 0.1) is 5.92 Å². The van der Waals surface area contributed by atoms with E-state index in [1.165, 1.54) is 19.3 Å². The van der Waals surface area contributed by atoms with Crippen LogP contribution in [0.2, 0.25) is 0 Å². The van der Waals surface area contributed by atoms with Crippen molar-refractivity contribution in [2.45, 2.75) is 39.5 Å². The van der Waals surface area contributed by atoms with Gasteiger partial charge in [0.2, 0.25) is 0 Å². The fourth-order valence-electron chi connectivity index (χ4n) is 1.98. The van der Waals surface area contributed by atoms with Crippen molar-refractivity contribution in [3.05, 3.63) is 0 Å². The molecule has 0 amide bonds. The maximum Gasteiger partial charge on any atom is 0.320 e. The number of nitrogens with zero attached hydrogens (tertiary/aromatic N) is 1. The van der Waals surface area contributed by atoms with Crippen molar-refractivity contribution < 1.29 is 9.53 Å². The van der Waals surface area contributed by atoms with E-state index >= 15 is 0 Å². The van der Waals surface area contributed by atoms with Crippen LogP contribution in [0.5, 0.6) is 0 Å². The van der Waals surface area contributed by atoms with Crippen molar-refractivity contribution >= 4 is 5.97 Å². The van der Waals surface area contributed by atoms with Crippen molar-refractivity contribution in [3.63, 3.8) is 0 Å². The van der Waals surface area contributed by atoms with Gasteiger partial charge in [0.25, 0.3) is 0 Å². The zero-order valence-corrected chi connectivity index (χ0v) is 10.00. The van der Waals surface area contributed by atoms with Gasteiger partial charge in [-0.2, -0.15) is 0 Å². The third-order valence-corrected chi connectivity index (χ3v) is 2.94. The molecule has 88 valence electrons. The Labute approximate surface area is 92.8 Å². The minimum atomic E-state index is -0.0785. The van der Waals surface area contributed by atoms with Gasteiger partial charge in [-0.15, -0.1) is 0 Å². The molecule has 3 heteroatoms. The normalized spacial score (nSPS) is 16.5. The highest BCUT2D eigenvalue weighted by atomic mass is 16.5. The summed E-state index contributed by atoms with van der Waals surface area (Å²) in [6, 6.07) is 0. The van der Waals surface area contributed by atoms with Crippen LogP contribution in [-0.2, 0) is 9.53 Å². The maximum absolute atomic E-state index is 11.4. The van der Waals surface area contributed by atoms with Crippen LogP contribution in [0.4, 0.5) is 0 Å². The third kappa shape index (κ3) is 4.65. The van der Waals surface area contributed by atoms with Gasteiger partial charge in [0.05, 0.1) is 13.2 Å². The Hall–Kier alpha value is -0.570. The summed E-state index contributed by atoms with van der Waals surface area (Å²) in [7, 11) is 0. The second-order valence-electron chi connectivity index (χ2n) is 4.34. The minimum absolute atomic E-state index is 0.0785. The number of ether oxygens (including phenoxy) is 1. The lowest BCUT2D eigenvalue weighted by atomic mass is 9.85. The summed E-state index contributed by atoms with van der Waals surface area (Å²) in [4.78, 5) is 13.6. The van der Waals surface area contributed by atoms with Crippen molar-refractivity contribution in [2.24, 2.45) is 5.92 Å². The first-order chi connectivity index (χ1) is 7.26. The number of esters is 1. The van der Waals surface area contributed by atoms with Crippen LogP contribution < -0.4 is 0 Å². The number of hydrogen-bond donors (Lipinski definition) is 0. The lowest BCUT2D eigenvalue weighted by molar-refractivity contribution is -0.144. The molecule has 0 aromatic heterocycles. The van der Waals surface area contributed by atoms with E-state index in [4.69, 9.17) is 4.74 Å². The average molecular weight is 213 g/mol. The van der Waals surface area contributed by atoms with E-state index in [0.717, 1.165) is 25.4 Å². The molecule has 0 N–H and O–H groups in total. The van der Waals surface area contributed by atoms with Gasteiger partial charge >= 0.3 is 5.97 Å². The molecule has 0 spiro atoms. The molecular formula is C12H23NO2. The number of carbonyl (C=O) groups excluding carboxylic acids is 1. The number of rotatable bonds is 7. The molecule has 0 saturated heterocycles. The summed E-state index contributed by atoms with van der Waals surface area (Å²) < 4.78 is 4.97. The molecule has 1 rings (SSSR count). The summed E-state index contributed by atoms with van der Waals surface area (Å²) in [5.41, 5.74) is 0. The topological polar surface area (TPSA) is 29.5 Å². The van der Waals surface area contributed by atoms with Crippen molar-refractivity contribution in [3.8, 4) is 0 Å². The molecule has 0 radical (unpaired) electrons. The van der Waals surface area contributed by atoms with Crippen LogP contribution in [0.3, 0.4) is 0 Å². The summed E-state index contributed by atoms with van der Waals surface area (Å²) in [6.07, 6.45) is 5.14. The van der Waals surface area contributed by atoms with Crippen molar-refractivity contribution in [2.75, 3.05) is 26.2 Å². The number of hydrogen-bond acceptors (Lipinski definition) is 3. The molecule has 3 nitrogen and oxygen atoms in total. The molecule has 1 saturated carbocycles. The Bertz CT molecular complexity index is 190. The molecule has 0 heterocycles. The second-order valence-corrected chi connectivity index (χ2v) is 4.34. The molecule has 1 fully saturated rings. The first-order valence-corrected chi connectivity index (χ1v) is 6.14. The third-order valence-electron chi connectivity index (χ3n) is 2.94. The van der Waals surface area contributed by atoms with E-state index in [2.05, 4.69) is 11.8 Å². The van der Waals surface area contributed by atoms with Gasteiger partial charge in [0.15, 0.2) is 0 Å². The maximum atomic E-state index is 11.4. The molecule has 0 aromatic carbocycles. The highest BCUT2D eigenvalue weighted by molar-refractivity contribution is 5.71. The summed E-state index contributed by atoms with van der Waals surface area (Å²) in [5, 5.41) is 0. The van der Waals surface area contributed by atoms with Gasteiger partial charge in [-0.3, -0.25) is 9.69 Å². The second kappa shape index (κ2) is 6.83. The minimum Gasteiger partial charge on any atom is -0.465 e. The smallest absolute Gasteiger partial charge is 0.320 e. The Morgan fingerprint density at radius 2 is 2.13 bits per heavy atom. The molecule has 0 unspecified atom stereocenters. The molecule has 0 aliphatic heterocycles. The Morgan fingerprint density at radius 3 is 2.60 bits per heavy atom. The Balaban J connectivity index is 2.24. The van der Waals surface area contributed by atoms with Crippen LogP contribution in [0.25, 0.3) is 0 Å². The lowest BCUT2D eigenvalue weighted by Gasteiger charge is -2.31. The van der Waals surface area contributed by atoms with Crippen LogP contribution in [0.1, 0.15) is 39.5 Å². The Kier molecular flexibility index (Phi) is 5.69. The van der Waals surface area contributed by atoms with Crippen molar-refractivity contribution in [1.29, 1.82) is 0 Å². The van der Waals surface area contributed by atoms with Gasteiger partial charge < -0.3 is 4.74 Å². The summed E-state index contributed by atoms with van der Waals surface area (Å²) in [6.45, 7) is 7.05. The van der Waals surface area contributed by atoms with E-state index in [0.29, 0.717) is 13.2 Å². The molecular weight excluding hydrogens is 190 g/mol. The largest absolute Gasteiger partial charge is 0.465 e. The first-order valence-electron chi connectivity index (χ1n) is 6.14. The van der Waals surface area contributed by atoms with Gasteiger partial charge in [-0.05, 0) is 38.6 Å². The quantitative estimate of drug-likeness (QED) is 0.606. The molecule has 0 aromatic rings. The zero-order chi connectivity index (χ0) is 11.1. The molecule has 1 aliphatic rings. The molecule has 0 atom stereocenters. The molecule has 1 aliphatic carbocycles. The zero-order valence-electron chi connectivity index (χ0n) is 10.00. The summed E-state index contributed by atoms with van der Waals surface area (Å²) in [5.74, 6) is 0.747. The van der Waals surface area contributed by atoms with Gasteiger partial charge in [-0.1, -0.05) is 13.3 Å². The monoisotopic (exact) mass is 213 g/mol. The summed E-state index contributed by atoms with van der Waals surface area (Å²) >= 11 is 0. The predicted molar refractivity (Wildman–Crippen MR) is 60.7 cm³/mol. The Morgan fingerprint density at radius 1 is 1.40 bits per heavy atom. The van der Waals surface area contributed by atoms with Crippen LogP contribution in [-0.4, -0.2) is 37.1 Å². The van der Waals surface area contributed by atoms with Gasteiger partial charge in [-0.25, -0.2) is 0 Å². The van der Waals surface area contributed by atoms with Crippen LogP contribution in [0.15, 0.2) is 0 Å². The fraction of sp³-hybridized carbons (Fsp3) is 0.917. The highest BCUT2D eigenvalue weighted by Crippen LogP contribution is 2.27. The van der Waals surface area contributed by atoms with Gasteiger partial charge in [0.1, 0.15) is 0 Å². The molecule has 15 heavy (non-hydrogen) atoms. The van der Waals surface area contributed by atoms with E-state index in [9.17, 15) is 4.79 Å². The predicted octanol–water partition coefficient (Wildman–Crippen LogP) is 2.06. The van der Waals surface area contributed by atoms with Crippen LogP contribution >= 0.6 is 0 Å². The van der Waals surface area contributed by atoms with E-state index in [1.807, 2.05) is 6.92 Å². The average Bonchev–Trinajstić information content (AvgIpc) is 2.12. The first kappa shape index (κ1) is 12.5. The van der Waals surface area contributed by atoms with E-state index < -0.39 is 0 Å². The SMILES string of the molecule is CCCN(CC(=O)OCC)CC1CCC1. The lowest BCUT2D eigenvalue weighted by Crippen LogP contribution is -2.37. The number of carbonyl (C=O) groups is 1. The van der Waals surface area contributed by atoms with Crippen molar-refractivity contribution in [1.82, 2.24) is 4.90 Å². The molecule has 0 bridgehead atoms. The standard InChI is InChI=1S/C12H23NO2/c1-3-8-13(9-11-6-5-7-11)10-12(14)15-4-2/h11H,3-10H2,1-2H3. The fourth-order valence-corrected chi connectivity index (χ4v) is 1.98. The highest BCUT2D eigenvalue weighted by Gasteiger charge is 2.21.